The van der Waals surface area contributed by atoms with E-state index >= 15 is 0 Å². The van der Waals surface area contributed by atoms with E-state index in [4.69, 9.17) is 23.2 Å². The van der Waals surface area contributed by atoms with Gasteiger partial charge in [0.05, 0.1) is 10.9 Å². The van der Waals surface area contributed by atoms with E-state index in [-0.39, 0.29) is 11.0 Å². The van der Waals surface area contributed by atoms with Crippen LogP contribution in [0.2, 0.25) is 10.0 Å². The average molecular weight is 362 g/mol. The molecule has 0 bridgehead atoms. The molecule has 0 spiro atoms. The van der Waals surface area contributed by atoms with Crippen molar-refractivity contribution in [1.29, 1.82) is 0 Å². The van der Waals surface area contributed by atoms with E-state index in [1.807, 2.05) is 18.2 Å². The van der Waals surface area contributed by atoms with Crippen molar-refractivity contribution in [3.8, 4) is 0 Å². The van der Waals surface area contributed by atoms with Crippen molar-refractivity contribution in [3.05, 3.63) is 74.8 Å². The summed E-state index contributed by atoms with van der Waals surface area (Å²) in [6, 6.07) is 12.4. The minimum atomic E-state index is -0.441. The van der Waals surface area contributed by atoms with Gasteiger partial charge in [-0.3, -0.25) is 9.59 Å². The van der Waals surface area contributed by atoms with Gasteiger partial charge in [-0.2, -0.15) is 0 Å². The summed E-state index contributed by atoms with van der Waals surface area (Å²) < 4.78 is 0. The molecule has 2 aliphatic rings. The number of nitrogens with one attached hydrogen (secondary N) is 1. The molecule has 4 rings (SSSR count). The third kappa shape index (κ3) is 2.29. The van der Waals surface area contributed by atoms with E-state index in [2.05, 4.69) is 5.32 Å². The normalized spacial score (nSPS) is 19.5. The van der Waals surface area contributed by atoms with E-state index in [0.717, 1.165) is 17.3 Å². The Morgan fingerprint density at radius 1 is 1.00 bits per heavy atom. The van der Waals surface area contributed by atoms with Gasteiger partial charge in [-0.15, -0.1) is 0 Å². The minimum absolute atomic E-state index is 0.0703. The van der Waals surface area contributed by atoms with Crippen LogP contribution in [-0.2, 0) is 0 Å². The molecule has 2 aromatic carbocycles. The van der Waals surface area contributed by atoms with Crippen LogP contribution < -0.4 is 5.32 Å². The van der Waals surface area contributed by atoms with Crippen LogP contribution >= 0.6 is 35.0 Å². The lowest BCUT2D eigenvalue weighted by atomic mass is 10.0. The second-order valence-corrected chi connectivity index (χ2v) is 7.16. The third-order valence-electron chi connectivity index (χ3n) is 3.91. The first kappa shape index (κ1) is 14.8. The van der Waals surface area contributed by atoms with Crippen LogP contribution in [0, 0.1) is 0 Å². The van der Waals surface area contributed by atoms with Crippen LogP contribution in [0.5, 0.6) is 0 Å². The number of carbonyl (C=O) groups excluding carboxylic acids is 2. The Bertz CT molecular complexity index is 907. The molecule has 1 N–H and O–H groups in total. The SMILES string of the molecule is O=C1NC2=C(C(=O)c3ccccc32)C(c2ccc(Cl)cc2Cl)S1. The van der Waals surface area contributed by atoms with Crippen molar-refractivity contribution in [1.82, 2.24) is 5.32 Å². The number of Topliss-reactive ketones (excluding diaryl/α,β-unsaturated/α-hetero) is 1. The van der Waals surface area contributed by atoms with Crippen molar-refractivity contribution >= 4 is 51.7 Å². The highest BCUT2D eigenvalue weighted by atomic mass is 35.5. The van der Waals surface area contributed by atoms with E-state index in [1.165, 1.54) is 0 Å². The molecule has 6 heteroatoms. The van der Waals surface area contributed by atoms with Gasteiger partial charge in [0, 0.05) is 26.7 Å². The fourth-order valence-electron chi connectivity index (χ4n) is 2.92. The fraction of sp³-hybridized carbons (Fsp3) is 0.0588. The molecule has 23 heavy (non-hydrogen) atoms. The van der Waals surface area contributed by atoms with Gasteiger partial charge in [-0.05, 0) is 17.7 Å². The predicted molar refractivity (Wildman–Crippen MR) is 93.0 cm³/mol. The predicted octanol–water partition coefficient (Wildman–Crippen LogP) is 5.10. The Balaban J connectivity index is 1.91. The molecule has 1 atom stereocenters. The number of benzene rings is 2. The van der Waals surface area contributed by atoms with Crippen molar-refractivity contribution in [2.75, 3.05) is 0 Å². The highest BCUT2D eigenvalue weighted by molar-refractivity contribution is 8.14. The quantitative estimate of drug-likeness (QED) is 0.768. The summed E-state index contributed by atoms with van der Waals surface area (Å²) >= 11 is 13.3. The summed E-state index contributed by atoms with van der Waals surface area (Å²) in [6.45, 7) is 0. The largest absolute Gasteiger partial charge is 0.316 e. The number of thioether (sulfide) groups is 1. The summed E-state index contributed by atoms with van der Waals surface area (Å²) in [6.07, 6.45) is 0. The lowest BCUT2D eigenvalue weighted by molar-refractivity contribution is 0.103. The molecule has 0 fully saturated rings. The van der Waals surface area contributed by atoms with E-state index < -0.39 is 5.25 Å². The van der Waals surface area contributed by atoms with Crippen molar-refractivity contribution < 1.29 is 9.59 Å². The zero-order valence-corrected chi connectivity index (χ0v) is 13.9. The maximum Gasteiger partial charge on any atom is 0.284 e. The second kappa shape index (κ2) is 5.41. The van der Waals surface area contributed by atoms with Crippen LogP contribution in [0.3, 0.4) is 0 Å². The first-order valence-corrected chi connectivity index (χ1v) is 8.50. The lowest BCUT2D eigenvalue weighted by Gasteiger charge is -2.24. The number of fused-ring (bicyclic) bond motifs is 2. The first-order valence-electron chi connectivity index (χ1n) is 6.87. The number of halogens is 2. The third-order valence-corrected chi connectivity index (χ3v) is 5.52. The number of carbonyl (C=O) groups is 2. The standard InChI is InChI=1S/C17H9Cl2NO2S/c18-8-5-6-11(12(19)7-8)16-13-14(20-17(22)23-16)9-3-1-2-4-10(9)15(13)21/h1-7,16H,(H,20,22). The van der Waals surface area contributed by atoms with Gasteiger partial charge >= 0.3 is 0 Å². The number of ketones is 1. The van der Waals surface area contributed by atoms with Gasteiger partial charge < -0.3 is 5.32 Å². The summed E-state index contributed by atoms with van der Waals surface area (Å²) in [5.41, 5.74) is 3.24. The molecule has 114 valence electrons. The number of hydrogen-bond acceptors (Lipinski definition) is 3. The molecule has 0 radical (unpaired) electrons. The number of rotatable bonds is 1. The van der Waals surface area contributed by atoms with Gasteiger partial charge in [0.1, 0.15) is 0 Å². The Morgan fingerprint density at radius 3 is 2.48 bits per heavy atom. The zero-order valence-electron chi connectivity index (χ0n) is 11.6. The van der Waals surface area contributed by atoms with Crippen LogP contribution in [0.1, 0.15) is 26.7 Å². The Hall–Kier alpha value is -1.75. The Morgan fingerprint density at radius 2 is 1.74 bits per heavy atom. The highest BCUT2D eigenvalue weighted by Crippen LogP contribution is 2.49. The van der Waals surface area contributed by atoms with Gasteiger partial charge in [0.2, 0.25) is 0 Å². The average Bonchev–Trinajstić information content (AvgIpc) is 2.80. The van der Waals surface area contributed by atoms with Crippen molar-refractivity contribution in [3.63, 3.8) is 0 Å². The van der Waals surface area contributed by atoms with Crippen LogP contribution in [0.25, 0.3) is 5.70 Å². The van der Waals surface area contributed by atoms with E-state index in [9.17, 15) is 9.59 Å². The Kier molecular flexibility index (Phi) is 3.48. The van der Waals surface area contributed by atoms with Crippen molar-refractivity contribution in [2.45, 2.75) is 5.25 Å². The van der Waals surface area contributed by atoms with Crippen LogP contribution in [-0.4, -0.2) is 11.0 Å². The molecule has 1 amide bonds. The van der Waals surface area contributed by atoms with Crippen LogP contribution in [0.4, 0.5) is 4.79 Å². The zero-order chi connectivity index (χ0) is 16.1. The summed E-state index contributed by atoms with van der Waals surface area (Å²) in [5.74, 6) is -0.0703. The van der Waals surface area contributed by atoms with Gasteiger partial charge in [-0.25, -0.2) is 0 Å². The van der Waals surface area contributed by atoms with E-state index in [1.54, 1.807) is 24.3 Å². The van der Waals surface area contributed by atoms with Gasteiger partial charge in [-0.1, -0.05) is 65.3 Å². The number of hydrogen-bond donors (Lipinski definition) is 1. The molecule has 1 unspecified atom stereocenters. The monoisotopic (exact) mass is 361 g/mol. The molecule has 0 saturated heterocycles. The molecule has 0 saturated carbocycles. The summed E-state index contributed by atoms with van der Waals surface area (Å²) in [5, 5.41) is 3.12. The second-order valence-electron chi connectivity index (χ2n) is 5.24. The number of amides is 1. The van der Waals surface area contributed by atoms with Crippen LogP contribution in [0.15, 0.2) is 48.0 Å². The molecule has 1 heterocycles. The lowest BCUT2D eigenvalue weighted by Crippen LogP contribution is -2.25. The fourth-order valence-corrected chi connectivity index (χ4v) is 4.55. The molecule has 3 nitrogen and oxygen atoms in total. The maximum absolute atomic E-state index is 12.8. The van der Waals surface area contributed by atoms with Gasteiger partial charge in [0.25, 0.3) is 5.24 Å². The first-order chi connectivity index (χ1) is 11.1. The minimum Gasteiger partial charge on any atom is -0.316 e. The Labute approximate surface area is 146 Å². The summed E-state index contributed by atoms with van der Waals surface area (Å²) in [4.78, 5) is 24.9. The highest BCUT2D eigenvalue weighted by Gasteiger charge is 2.41. The molecule has 1 aliphatic heterocycles. The van der Waals surface area contributed by atoms with E-state index in [0.29, 0.717) is 32.4 Å². The maximum atomic E-state index is 12.8. The molecular formula is C17H9Cl2NO2S. The smallest absolute Gasteiger partial charge is 0.284 e. The molecule has 1 aliphatic carbocycles. The molecular weight excluding hydrogens is 353 g/mol. The summed E-state index contributed by atoms with van der Waals surface area (Å²) in [7, 11) is 0. The van der Waals surface area contributed by atoms with Crippen molar-refractivity contribution in [2.24, 2.45) is 0 Å². The molecule has 2 aromatic rings. The van der Waals surface area contributed by atoms with Gasteiger partial charge in [0.15, 0.2) is 5.78 Å². The topological polar surface area (TPSA) is 46.2 Å². The molecule has 0 aromatic heterocycles.